The Morgan fingerprint density at radius 1 is 1.37 bits per heavy atom. The van der Waals surface area contributed by atoms with Gasteiger partial charge in [0.2, 0.25) is 11.8 Å². The van der Waals surface area contributed by atoms with E-state index in [9.17, 15) is 9.59 Å². The van der Waals surface area contributed by atoms with Crippen LogP contribution in [0.25, 0.3) is 0 Å². The Labute approximate surface area is 175 Å². The smallest absolute Gasteiger partial charge is 0.234 e. The maximum atomic E-state index is 13.5. The molecule has 1 N–H and O–H groups in total. The van der Waals surface area contributed by atoms with Gasteiger partial charge in [-0.3, -0.25) is 14.7 Å². The molecule has 3 aliphatic heterocycles. The van der Waals surface area contributed by atoms with Crippen LogP contribution in [-0.4, -0.2) is 58.8 Å². The van der Waals surface area contributed by atoms with Crippen molar-refractivity contribution < 1.29 is 14.3 Å². The van der Waals surface area contributed by atoms with Gasteiger partial charge < -0.3 is 14.5 Å². The second-order valence-electron chi connectivity index (χ2n) is 8.71. The highest BCUT2D eigenvalue weighted by atomic mass is 16.5. The van der Waals surface area contributed by atoms with Gasteiger partial charge in [0.05, 0.1) is 30.7 Å². The van der Waals surface area contributed by atoms with E-state index in [1.165, 1.54) is 5.56 Å². The van der Waals surface area contributed by atoms with Crippen LogP contribution in [0.1, 0.15) is 16.7 Å². The van der Waals surface area contributed by atoms with Crippen molar-refractivity contribution in [3.8, 4) is 0 Å². The minimum atomic E-state index is -0.702. The molecule has 2 bridgehead atoms. The van der Waals surface area contributed by atoms with Gasteiger partial charge in [-0.2, -0.15) is 5.10 Å². The van der Waals surface area contributed by atoms with Gasteiger partial charge in [-0.05, 0) is 49.1 Å². The molecule has 3 aliphatic rings. The first-order chi connectivity index (χ1) is 14.4. The zero-order valence-corrected chi connectivity index (χ0v) is 17.5. The van der Waals surface area contributed by atoms with Crippen LogP contribution < -0.4 is 4.90 Å². The zero-order chi connectivity index (χ0) is 21.0. The summed E-state index contributed by atoms with van der Waals surface area (Å²) in [6.07, 6.45) is 7.93. The van der Waals surface area contributed by atoms with Crippen molar-refractivity contribution in [2.75, 3.05) is 25.0 Å². The normalized spacial score (nSPS) is 29.0. The number of carbonyl (C=O) groups is 2. The maximum Gasteiger partial charge on any atom is 0.234 e. The Bertz CT molecular complexity index is 1030. The molecule has 2 amide bonds. The second-order valence-corrected chi connectivity index (χ2v) is 8.71. The summed E-state index contributed by atoms with van der Waals surface area (Å²) in [6.45, 7) is 5.12. The Balaban J connectivity index is 1.38. The van der Waals surface area contributed by atoms with Gasteiger partial charge in [0.1, 0.15) is 5.60 Å². The number of amides is 2. The number of anilines is 1. The Kier molecular flexibility index (Phi) is 4.32. The predicted molar refractivity (Wildman–Crippen MR) is 112 cm³/mol. The lowest BCUT2D eigenvalue weighted by Crippen LogP contribution is -2.45. The fourth-order valence-corrected chi connectivity index (χ4v) is 4.97. The average molecular weight is 406 g/mol. The van der Waals surface area contributed by atoms with Crippen molar-refractivity contribution >= 4 is 17.5 Å². The van der Waals surface area contributed by atoms with Crippen LogP contribution in [-0.2, 0) is 20.7 Å². The number of aromatic nitrogens is 2. The molecule has 0 aliphatic carbocycles. The number of ether oxygens (including phenoxy) is 1. The molecule has 1 spiro atoms. The zero-order valence-electron chi connectivity index (χ0n) is 17.5. The van der Waals surface area contributed by atoms with Gasteiger partial charge >= 0.3 is 0 Å². The molecule has 0 saturated carbocycles. The lowest BCUT2D eigenvalue weighted by molar-refractivity contribution is -0.139. The third-order valence-electron chi connectivity index (χ3n) is 6.85. The largest absolute Gasteiger partial charge is 0.360 e. The fraction of sp³-hybridized carbons (Fsp3) is 0.435. The average Bonchev–Trinajstić information content (AvgIpc) is 3.50. The number of hydrogen-bond donors (Lipinski definition) is 1. The molecule has 7 nitrogen and oxygen atoms in total. The topological polar surface area (TPSA) is 78.5 Å². The lowest BCUT2D eigenvalue weighted by atomic mass is 9.76. The van der Waals surface area contributed by atoms with Crippen molar-refractivity contribution in [3.63, 3.8) is 0 Å². The molecule has 4 atom stereocenters. The number of H-pyrrole nitrogens is 1. The van der Waals surface area contributed by atoms with Crippen LogP contribution in [0.3, 0.4) is 0 Å². The van der Waals surface area contributed by atoms with Crippen LogP contribution in [0.2, 0.25) is 0 Å². The molecular weight excluding hydrogens is 380 g/mol. The SMILES string of the molecule is Cc1ccc(N2C[C@]34C=C[C@H](O3)[C@@H](C(=O)N(C)CCc3cn[nH]c3)[C@H]4C2=O)cc1C. The Hall–Kier alpha value is -2.93. The summed E-state index contributed by atoms with van der Waals surface area (Å²) < 4.78 is 6.26. The molecule has 1 aromatic heterocycles. The summed E-state index contributed by atoms with van der Waals surface area (Å²) >= 11 is 0. The van der Waals surface area contributed by atoms with Crippen molar-refractivity contribution in [2.24, 2.45) is 11.8 Å². The van der Waals surface area contributed by atoms with Crippen LogP contribution in [0.15, 0.2) is 42.7 Å². The minimum absolute atomic E-state index is 0.0216. The van der Waals surface area contributed by atoms with Crippen LogP contribution in [0.4, 0.5) is 5.69 Å². The summed E-state index contributed by atoms with van der Waals surface area (Å²) in [7, 11) is 1.80. The van der Waals surface area contributed by atoms with Crippen molar-refractivity contribution in [1.29, 1.82) is 0 Å². The van der Waals surface area contributed by atoms with Crippen molar-refractivity contribution in [2.45, 2.75) is 32.0 Å². The number of nitrogens with one attached hydrogen (secondary N) is 1. The van der Waals surface area contributed by atoms with Crippen molar-refractivity contribution in [3.05, 3.63) is 59.4 Å². The number of nitrogens with zero attached hydrogens (tertiary/aromatic N) is 3. The highest BCUT2D eigenvalue weighted by molar-refractivity contribution is 6.03. The molecule has 156 valence electrons. The summed E-state index contributed by atoms with van der Waals surface area (Å²) in [4.78, 5) is 30.3. The van der Waals surface area contributed by atoms with Crippen molar-refractivity contribution in [1.82, 2.24) is 15.1 Å². The Morgan fingerprint density at radius 3 is 2.93 bits per heavy atom. The van der Waals surface area contributed by atoms with E-state index in [4.69, 9.17) is 4.74 Å². The number of benzene rings is 1. The molecule has 4 heterocycles. The molecule has 2 aromatic rings. The molecular formula is C23H26N4O3. The monoisotopic (exact) mass is 406 g/mol. The minimum Gasteiger partial charge on any atom is -0.360 e. The standard InChI is InChI=1S/C23H26N4O3/c1-14-4-5-17(10-15(14)2)27-13-23-8-6-18(30-23)19(20(23)22(27)29)21(28)26(3)9-7-16-11-24-25-12-16/h4-6,8,10-12,18-20H,7,9,13H2,1-3H3,(H,24,25)/t18-,19+,20-,23-/m0/s1. The highest BCUT2D eigenvalue weighted by Crippen LogP contribution is 2.53. The number of carbonyl (C=O) groups excluding carboxylic acids is 2. The molecule has 30 heavy (non-hydrogen) atoms. The third kappa shape index (κ3) is 2.80. The van der Waals surface area contributed by atoms with E-state index in [0.29, 0.717) is 19.5 Å². The number of likely N-dealkylation sites (N-methyl/N-ethyl adjacent to an activating group) is 1. The number of fused-ring (bicyclic) bond motifs is 1. The number of hydrogen-bond acceptors (Lipinski definition) is 4. The number of rotatable bonds is 5. The van der Waals surface area contributed by atoms with Gasteiger partial charge in [0, 0.05) is 25.5 Å². The molecule has 1 aromatic carbocycles. The summed E-state index contributed by atoms with van der Waals surface area (Å²) in [6, 6.07) is 6.04. The van der Waals surface area contributed by atoms with Gasteiger partial charge in [0.25, 0.3) is 0 Å². The molecule has 7 heteroatoms. The summed E-state index contributed by atoms with van der Waals surface area (Å²) in [5.41, 5.74) is 3.54. The predicted octanol–water partition coefficient (Wildman–Crippen LogP) is 2.01. The number of aromatic amines is 1. The Morgan fingerprint density at radius 2 is 2.20 bits per heavy atom. The summed E-state index contributed by atoms with van der Waals surface area (Å²) in [5, 5.41) is 6.74. The van der Waals surface area contributed by atoms with Crippen LogP contribution in [0, 0.1) is 25.7 Å². The molecule has 5 rings (SSSR count). The van der Waals surface area contributed by atoms with E-state index >= 15 is 0 Å². The lowest BCUT2D eigenvalue weighted by Gasteiger charge is -2.27. The molecule has 2 saturated heterocycles. The van der Waals surface area contributed by atoms with E-state index in [-0.39, 0.29) is 17.9 Å². The molecule has 0 unspecified atom stereocenters. The van der Waals surface area contributed by atoms with E-state index in [1.54, 1.807) is 23.0 Å². The maximum absolute atomic E-state index is 13.5. The van der Waals surface area contributed by atoms with E-state index < -0.39 is 17.4 Å². The summed E-state index contributed by atoms with van der Waals surface area (Å²) in [5.74, 6) is -1.01. The van der Waals surface area contributed by atoms with E-state index in [1.807, 2.05) is 43.5 Å². The van der Waals surface area contributed by atoms with Gasteiger partial charge in [-0.1, -0.05) is 18.2 Å². The molecule has 2 fully saturated rings. The van der Waals surface area contributed by atoms with Gasteiger partial charge in [0.15, 0.2) is 0 Å². The number of aryl methyl sites for hydroxylation is 2. The quantitative estimate of drug-likeness (QED) is 0.771. The van der Waals surface area contributed by atoms with Crippen LogP contribution >= 0.6 is 0 Å². The van der Waals surface area contributed by atoms with Gasteiger partial charge in [-0.25, -0.2) is 0 Å². The van der Waals surface area contributed by atoms with E-state index in [0.717, 1.165) is 16.8 Å². The first kappa shape index (κ1) is 19.1. The second kappa shape index (κ2) is 6.80. The molecule has 0 radical (unpaired) electrons. The first-order valence-electron chi connectivity index (χ1n) is 10.4. The van der Waals surface area contributed by atoms with E-state index in [2.05, 4.69) is 17.1 Å². The highest BCUT2D eigenvalue weighted by Gasteiger charge is 2.67. The fourth-order valence-electron chi connectivity index (χ4n) is 4.97. The van der Waals surface area contributed by atoms with Crippen LogP contribution in [0.5, 0.6) is 0 Å². The first-order valence-corrected chi connectivity index (χ1v) is 10.4. The van der Waals surface area contributed by atoms with Gasteiger partial charge in [-0.15, -0.1) is 0 Å². The third-order valence-corrected chi connectivity index (χ3v) is 6.85.